The largest absolute Gasteiger partial charge is 0.344 e. The van der Waals surface area contributed by atoms with Gasteiger partial charge in [0.25, 0.3) is 5.91 Å². The Labute approximate surface area is 67.7 Å². The second kappa shape index (κ2) is 2.40. The summed E-state index contributed by atoms with van der Waals surface area (Å²) in [7, 11) is 0. The fourth-order valence-electron chi connectivity index (χ4n) is 0.576. The average Bonchev–Trinajstić information content (AvgIpc) is 2.40. The fourth-order valence-corrected chi connectivity index (χ4v) is 0.993. The van der Waals surface area contributed by atoms with Crippen molar-refractivity contribution in [3.8, 4) is 0 Å². The molecule has 1 fully saturated rings. The standard InChI is InChI=1S/C5H5Cl2NO2/c6-5(7)1-3(5)8-4(10)2-9/h2-3H,1H2,(H,8,10). The number of rotatable bonds is 2. The molecule has 1 rings (SSSR count). The van der Waals surface area contributed by atoms with Crippen LogP contribution in [-0.4, -0.2) is 22.6 Å². The summed E-state index contributed by atoms with van der Waals surface area (Å²) in [6, 6.07) is -0.256. The van der Waals surface area contributed by atoms with E-state index in [-0.39, 0.29) is 12.3 Å². The van der Waals surface area contributed by atoms with Crippen molar-refractivity contribution in [1.29, 1.82) is 0 Å². The Bertz CT molecular complexity index is 180. The van der Waals surface area contributed by atoms with Crippen LogP contribution in [0.1, 0.15) is 6.42 Å². The molecule has 56 valence electrons. The topological polar surface area (TPSA) is 46.2 Å². The van der Waals surface area contributed by atoms with Gasteiger partial charge in [0.2, 0.25) is 6.29 Å². The zero-order valence-corrected chi connectivity index (χ0v) is 6.45. The van der Waals surface area contributed by atoms with Gasteiger partial charge in [-0.15, -0.1) is 0 Å². The van der Waals surface area contributed by atoms with Crippen molar-refractivity contribution in [3.05, 3.63) is 0 Å². The molecule has 1 aliphatic carbocycles. The Kier molecular flexibility index (Phi) is 1.88. The predicted octanol–water partition coefficient (Wildman–Crippen LogP) is 0.248. The van der Waals surface area contributed by atoms with Gasteiger partial charge in [0.05, 0.1) is 6.04 Å². The molecule has 0 radical (unpaired) electrons. The molecule has 0 aromatic carbocycles. The lowest BCUT2D eigenvalue weighted by Gasteiger charge is -1.97. The lowest BCUT2D eigenvalue weighted by molar-refractivity contribution is -0.131. The van der Waals surface area contributed by atoms with Gasteiger partial charge in [-0.25, -0.2) is 0 Å². The number of amides is 1. The number of alkyl halides is 2. The molecular formula is C5H5Cl2NO2. The number of hydrogen-bond donors (Lipinski definition) is 1. The highest BCUT2D eigenvalue weighted by atomic mass is 35.5. The van der Waals surface area contributed by atoms with Crippen LogP contribution in [0.25, 0.3) is 0 Å². The first-order chi connectivity index (χ1) is 4.56. The predicted molar refractivity (Wildman–Crippen MR) is 37.0 cm³/mol. The van der Waals surface area contributed by atoms with Crippen LogP contribution < -0.4 is 5.32 Å². The van der Waals surface area contributed by atoms with Crippen molar-refractivity contribution in [1.82, 2.24) is 5.32 Å². The Hall–Kier alpha value is -0.280. The average molecular weight is 182 g/mol. The molecule has 0 saturated heterocycles. The first-order valence-electron chi connectivity index (χ1n) is 2.70. The minimum absolute atomic E-state index is 0.197. The fraction of sp³-hybridized carbons (Fsp3) is 0.600. The molecule has 1 aliphatic rings. The molecule has 3 nitrogen and oxygen atoms in total. The van der Waals surface area contributed by atoms with E-state index in [0.717, 1.165) is 0 Å². The molecule has 1 atom stereocenters. The van der Waals surface area contributed by atoms with Crippen molar-refractivity contribution in [2.24, 2.45) is 0 Å². The van der Waals surface area contributed by atoms with Gasteiger partial charge >= 0.3 is 0 Å². The van der Waals surface area contributed by atoms with E-state index >= 15 is 0 Å². The maximum absolute atomic E-state index is 10.4. The van der Waals surface area contributed by atoms with Crippen molar-refractivity contribution >= 4 is 35.4 Å². The number of aldehydes is 1. The summed E-state index contributed by atoms with van der Waals surface area (Å²) < 4.78 is -0.849. The third kappa shape index (κ3) is 1.61. The van der Waals surface area contributed by atoms with Crippen LogP contribution in [0.5, 0.6) is 0 Å². The molecule has 1 N–H and O–H groups in total. The van der Waals surface area contributed by atoms with Crippen LogP contribution >= 0.6 is 23.2 Å². The van der Waals surface area contributed by atoms with E-state index in [1.165, 1.54) is 0 Å². The summed E-state index contributed by atoms with van der Waals surface area (Å²) in [6.07, 6.45) is 0.706. The number of carbonyl (C=O) groups excluding carboxylic acids is 2. The minimum Gasteiger partial charge on any atom is -0.344 e. The van der Waals surface area contributed by atoms with Gasteiger partial charge in [-0.05, 0) is 0 Å². The second-order valence-electron chi connectivity index (χ2n) is 2.14. The van der Waals surface area contributed by atoms with Crippen LogP contribution in [0, 0.1) is 0 Å². The second-order valence-corrected chi connectivity index (χ2v) is 3.69. The zero-order chi connectivity index (χ0) is 7.78. The van der Waals surface area contributed by atoms with Gasteiger partial charge in [0, 0.05) is 6.42 Å². The van der Waals surface area contributed by atoms with Crippen LogP contribution in [0.15, 0.2) is 0 Å². The first kappa shape index (κ1) is 7.82. The number of carbonyl (C=O) groups is 2. The van der Waals surface area contributed by atoms with Crippen molar-refractivity contribution in [2.45, 2.75) is 16.8 Å². The third-order valence-electron chi connectivity index (χ3n) is 1.25. The maximum Gasteiger partial charge on any atom is 0.284 e. The van der Waals surface area contributed by atoms with Crippen molar-refractivity contribution in [2.75, 3.05) is 0 Å². The van der Waals surface area contributed by atoms with E-state index in [2.05, 4.69) is 5.32 Å². The van der Waals surface area contributed by atoms with Crippen molar-refractivity contribution < 1.29 is 9.59 Å². The molecular weight excluding hydrogens is 177 g/mol. The molecule has 5 heteroatoms. The maximum atomic E-state index is 10.4. The number of hydrogen-bond acceptors (Lipinski definition) is 2. The molecule has 0 spiro atoms. The van der Waals surface area contributed by atoms with E-state index in [1.807, 2.05) is 0 Å². The van der Waals surface area contributed by atoms with Crippen LogP contribution in [0.4, 0.5) is 0 Å². The molecule has 1 unspecified atom stereocenters. The van der Waals surface area contributed by atoms with E-state index in [4.69, 9.17) is 23.2 Å². The number of halogens is 2. The lowest BCUT2D eigenvalue weighted by Crippen LogP contribution is -2.29. The van der Waals surface area contributed by atoms with Gasteiger partial charge < -0.3 is 5.32 Å². The van der Waals surface area contributed by atoms with Crippen LogP contribution in [0.3, 0.4) is 0 Å². The highest BCUT2D eigenvalue weighted by Crippen LogP contribution is 2.46. The molecule has 0 aliphatic heterocycles. The Morgan fingerprint density at radius 2 is 2.20 bits per heavy atom. The third-order valence-corrected chi connectivity index (χ3v) is 2.08. The Morgan fingerprint density at radius 3 is 2.50 bits per heavy atom. The van der Waals surface area contributed by atoms with Crippen molar-refractivity contribution in [3.63, 3.8) is 0 Å². The molecule has 10 heavy (non-hydrogen) atoms. The molecule has 0 aromatic heterocycles. The summed E-state index contributed by atoms with van der Waals surface area (Å²) >= 11 is 11.1. The van der Waals surface area contributed by atoms with Crippen LogP contribution in [0.2, 0.25) is 0 Å². The van der Waals surface area contributed by atoms with Crippen LogP contribution in [-0.2, 0) is 9.59 Å². The Balaban J connectivity index is 2.30. The first-order valence-corrected chi connectivity index (χ1v) is 3.45. The van der Waals surface area contributed by atoms with Gasteiger partial charge in [-0.3, -0.25) is 9.59 Å². The van der Waals surface area contributed by atoms with Gasteiger partial charge in [-0.1, -0.05) is 23.2 Å². The smallest absolute Gasteiger partial charge is 0.284 e. The van der Waals surface area contributed by atoms with E-state index in [0.29, 0.717) is 6.42 Å². The molecule has 0 aromatic rings. The Morgan fingerprint density at radius 1 is 1.70 bits per heavy atom. The number of nitrogens with one attached hydrogen (secondary N) is 1. The highest BCUT2D eigenvalue weighted by Gasteiger charge is 2.52. The summed E-state index contributed by atoms with van der Waals surface area (Å²) in [5, 5.41) is 2.32. The molecule has 1 amide bonds. The molecule has 1 saturated carbocycles. The summed E-state index contributed by atoms with van der Waals surface area (Å²) in [6.45, 7) is 0. The van der Waals surface area contributed by atoms with Gasteiger partial charge in [0.1, 0.15) is 4.33 Å². The molecule has 0 bridgehead atoms. The minimum atomic E-state index is -0.849. The zero-order valence-electron chi connectivity index (χ0n) is 4.93. The normalized spacial score (nSPS) is 27.2. The SMILES string of the molecule is O=CC(=O)NC1CC1(Cl)Cl. The van der Waals surface area contributed by atoms with Gasteiger partial charge in [0.15, 0.2) is 0 Å². The lowest BCUT2D eigenvalue weighted by atomic mass is 10.6. The summed E-state index contributed by atoms with van der Waals surface area (Å²) in [5.74, 6) is -0.673. The summed E-state index contributed by atoms with van der Waals surface area (Å²) in [5.41, 5.74) is 0. The monoisotopic (exact) mass is 181 g/mol. The van der Waals surface area contributed by atoms with Gasteiger partial charge in [-0.2, -0.15) is 0 Å². The van der Waals surface area contributed by atoms with E-state index < -0.39 is 10.2 Å². The summed E-state index contributed by atoms with van der Waals surface area (Å²) in [4.78, 5) is 20.1. The quantitative estimate of drug-likeness (QED) is 0.378. The van der Waals surface area contributed by atoms with E-state index in [9.17, 15) is 9.59 Å². The highest BCUT2D eigenvalue weighted by molar-refractivity contribution is 6.51. The molecule has 0 heterocycles. The van der Waals surface area contributed by atoms with E-state index in [1.54, 1.807) is 0 Å².